The van der Waals surface area contributed by atoms with Gasteiger partial charge in [0.2, 0.25) is 0 Å². The van der Waals surface area contributed by atoms with Gasteiger partial charge in [0.1, 0.15) is 0 Å². The highest BCUT2D eigenvalue weighted by atomic mass is 32.2. The Kier molecular flexibility index (Phi) is 8.09. The molecule has 2 heterocycles. The average molecular weight is 437 g/mol. The van der Waals surface area contributed by atoms with E-state index in [0.717, 1.165) is 12.8 Å². The smallest absolute Gasteiger partial charge is 0.160 e. The predicted molar refractivity (Wildman–Crippen MR) is 112 cm³/mol. The van der Waals surface area contributed by atoms with Gasteiger partial charge in [-0.1, -0.05) is 13.8 Å². The fourth-order valence-electron chi connectivity index (χ4n) is 4.29. The number of carbonyl (C=O) groups excluding carboxylic acids is 1. The summed E-state index contributed by atoms with van der Waals surface area (Å²) < 4.78 is 47.6. The topological polar surface area (TPSA) is 91.8 Å². The molecule has 164 valence electrons. The quantitative estimate of drug-likeness (QED) is 0.507. The second kappa shape index (κ2) is 9.53. The predicted octanol–water partition coefficient (Wildman–Crippen LogP) is 1.13. The van der Waals surface area contributed by atoms with Crippen LogP contribution in [0.5, 0.6) is 0 Å². The van der Waals surface area contributed by atoms with Crippen LogP contribution in [0.25, 0.3) is 0 Å². The molecule has 2 aliphatic rings. The van der Waals surface area contributed by atoms with Gasteiger partial charge >= 0.3 is 0 Å². The van der Waals surface area contributed by atoms with Gasteiger partial charge < -0.3 is 0 Å². The van der Waals surface area contributed by atoms with Crippen LogP contribution in [0.3, 0.4) is 0 Å². The summed E-state index contributed by atoms with van der Waals surface area (Å²) in [5, 5.41) is 0. The van der Waals surface area contributed by atoms with Crippen molar-refractivity contribution in [2.75, 3.05) is 36.1 Å². The zero-order valence-corrected chi connectivity index (χ0v) is 19.3. The highest BCUT2D eigenvalue weighted by Crippen LogP contribution is 2.23. The molecule has 0 aromatic carbocycles. The van der Waals surface area contributed by atoms with E-state index in [-0.39, 0.29) is 66.1 Å². The van der Waals surface area contributed by atoms with E-state index in [2.05, 4.69) is 0 Å². The first-order valence-corrected chi connectivity index (χ1v) is 14.1. The molecule has 0 amide bonds. The molecular formula is C19H36N2O5S2. The molecule has 0 aromatic heterocycles. The molecule has 2 rings (SSSR count). The maximum absolute atomic E-state index is 13.0. The number of hydrogen-bond donors (Lipinski definition) is 0. The van der Waals surface area contributed by atoms with E-state index in [1.165, 1.54) is 0 Å². The molecule has 0 N–H and O–H groups in total. The van der Waals surface area contributed by atoms with Crippen molar-refractivity contribution < 1.29 is 21.6 Å². The van der Waals surface area contributed by atoms with Crippen molar-refractivity contribution in [1.29, 1.82) is 0 Å². The van der Waals surface area contributed by atoms with Crippen LogP contribution in [0.4, 0.5) is 0 Å². The first-order chi connectivity index (χ1) is 13.0. The number of sulfone groups is 2. The zero-order valence-electron chi connectivity index (χ0n) is 17.6. The van der Waals surface area contributed by atoms with Crippen LogP contribution in [0.15, 0.2) is 0 Å². The molecule has 0 aromatic rings. The summed E-state index contributed by atoms with van der Waals surface area (Å²) >= 11 is 0. The van der Waals surface area contributed by atoms with Crippen molar-refractivity contribution in [2.24, 2.45) is 0 Å². The summed E-state index contributed by atoms with van der Waals surface area (Å²) in [5.41, 5.74) is 0. The minimum atomic E-state index is -3.01. The third-order valence-electron chi connectivity index (χ3n) is 6.39. The summed E-state index contributed by atoms with van der Waals surface area (Å²) in [7, 11) is -6.03. The van der Waals surface area contributed by atoms with E-state index < -0.39 is 19.7 Å². The minimum Gasteiger partial charge on any atom is -0.297 e. The van der Waals surface area contributed by atoms with E-state index in [9.17, 15) is 21.6 Å². The van der Waals surface area contributed by atoms with Crippen molar-refractivity contribution in [3.8, 4) is 0 Å². The Bertz CT molecular complexity index is 688. The second-order valence-electron chi connectivity index (χ2n) is 8.51. The largest absolute Gasteiger partial charge is 0.297 e. The molecule has 0 unspecified atom stereocenters. The van der Waals surface area contributed by atoms with Crippen molar-refractivity contribution >= 4 is 25.5 Å². The number of ketones is 1. The van der Waals surface area contributed by atoms with Gasteiger partial charge in [-0.3, -0.25) is 14.6 Å². The number of Topliss-reactive ketones (excluding diaryl/α,β-unsaturated/α-hetero) is 1. The molecule has 0 saturated carbocycles. The molecule has 9 heteroatoms. The Hall–Kier alpha value is -0.510. The van der Waals surface area contributed by atoms with Crippen LogP contribution in [0.1, 0.15) is 53.4 Å². The first-order valence-electron chi connectivity index (χ1n) is 10.4. The van der Waals surface area contributed by atoms with Gasteiger partial charge in [-0.05, 0) is 39.5 Å². The number of carbonyl (C=O) groups is 1. The molecule has 2 fully saturated rings. The molecule has 2 aliphatic heterocycles. The normalized spacial score (nSPS) is 28.6. The van der Waals surface area contributed by atoms with Gasteiger partial charge in [-0.15, -0.1) is 0 Å². The Labute approximate surface area is 170 Å². The molecular weight excluding hydrogens is 400 g/mol. The minimum absolute atomic E-state index is 0.0363. The van der Waals surface area contributed by atoms with E-state index in [4.69, 9.17) is 0 Å². The Morgan fingerprint density at radius 3 is 1.43 bits per heavy atom. The third-order valence-corrected chi connectivity index (χ3v) is 9.89. The molecule has 2 saturated heterocycles. The fourth-order valence-corrected chi connectivity index (χ4v) is 7.77. The molecule has 28 heavy (non-hydrogen) atoms. The molecule has 0 aliphatic carbocycles. The highest BCUT2D eigenvalue weighted by Gasteiger charge is 2.37. The van der Waals surface area contributed by atoms with E-state index in [1.54, 1.807) is 0 Å². The van der Waals surface area contributed by atoms with E-state index >= 15 is 0 Å². The lowest BCUT2D eigenvalue weighted by Gasteiger charge is -2.36. The summed E-state index contributed by atoms with van der Waals surface area (Å²) in [6.45, 7) is 8.60. The molecule has 0 radical (unpaired) electrons. The zero-order chi connectivity index (χ0) is 21.1. The standard InChI is InChI=1S/C19H36N2O5S2/c1-5-15(3)20(17-7-9-27(23,24)13-17)11-19(22)12-21(16(4)6-2)18-8-10-28(25,26)14-18/h15-18H,5-14H2,1-4H3/t15-,16+,17-,18+. The summed E-state index contributed by atoms with van der Waals surface area (Å²) in [4.78, 5) is 17.1. The van der Waals surface area contributed by atoms with Crippen LogP contribution in [-0.2, 0) is 24.5 Å². The number of nitrogens with zero attached hydrogens (tertiary/aromatic N) is 2. The van der Waals surface area contributed by atoms with Crippen molar-refractivity contribution in [3.63, 3.8) is 0 Å². The fraction of sp³-hybridized carbons (Fsp3) is 0.947. The van der Waals surface area contributed by atoms with Gasteiger partial charge in [-0.25, -0.2) is 16.8 Å². The number of hydrogen-bond acceptors (Lipinski definition) is 7. The van der Waals surface area contributed by atoms with Gasteiger partial charge in [-0.2, -0.15) is 0 Å². The monoisotopic (exact) mass is 436 g/mol. The van der Waals surface area contributed by atoms with Gasteiger partial charge in [0.25, 0.3) is 0 Å². The lowest BCUT2D eigenvalue weighted by Crippen LogP contribution is -2.50. The second-order valence-corrected chi connectivity index (χ2v) is 13.0. The van der Waals surface area contributed by atoms with Crippen LogP contribution in [0, 0.1) is 0 Å². The van der Waals surface area contributed by atoms with Crippen LogP contribution < -0.4 is 0 Å². The average Bonchev–Trinajstić information content (AvgIpc) is 3.17. The molecule has 7 nitrogen and oxygen atoms in total. The van der Waals surface area contributed by atoms with Gasteiger partial charge in [0.05, 0.1) is 36.1 Å². The maximum Gasteiger partial charge on any atom is 0.160 e. The van der Waals surface area contributed by atoms with E-state index in [0.29, 0.717) is 12.8 Å². The first kappa shape index (κ1) is 23.8. The lowest BCUT2D eigenvalue weighted by atomic mass is 10.1. The third kappa shape index (κ3) is 6.24. The number of rotatable bonds is 10. The maximum atomic E-state index is 13.0. The van der Waals surface area contributed by atoms with Crippen LogP contribution in [-0.4, -0.2) is 92.7 Å². The molecule has 0 spiro atoms. The highest BCUT2D eigenvalue weighted by molar-refractivity contribution is 7.91. The van der Waals surface area contributed by atoms with Crippen molar-refractivity contribution in [3.05, 3.63) is 0 Å². The summed E-state index contributed by atoms with van der Waals surface area (Å²) in [6, 6.07) is 0.0536. The summed E-state index contributed by atoms with van der Waals surface area (Å²) in [5.74, 6) is 0.672. The van der Waals surface area contributed by atoms with Crippen molar-refractivity contribution in [2.45, 2.75) is 77.5 Å². The van der Waals surface area contributed by atoms with Crippen LogP contribution >= 0.6 is 0 Å². The van der Waals surface area contributed by atoms with E-state index in [1.807, 2.05) is 37.5 Å². The van der Waals surface area contributed by atoms with Crippen LogP contribution in [0.2, 0.25) is 0 Å². The Balaban J connectivity index is 2.08. The lowest BCUT2D eigenvalue weighted by molar-refractivity contribution is -0.123. The molecule has 0 bridgehead atoms. The Morgan fingerprint density at radius 1 is 0.821 bits per heavy atom. The van der Waals surface area contributed by atoms with Gasteiger partial charge in [0, 0.05) is 24.2 Å². The SMILES string of the molecule is CC[C@@H](C)N(CC(=O)CN([C@H]1CCS(=O)(=O)C1)[C@@H](C)CC)[C@@H]1CCS(=O)(=O)C1. The summed E-state index contributed by atoms with van der Waals surface area (Å²) in [6.07, 6.45) is 2.85. The molecule has 4 atom stereocenters. The van der Waals surface area contributed by atoms with Crippen molar-refractivity contribution in [1.82, 2.24) is 9.80 Å². The van der Waals surface area contributed by atoms with Gasteiger partial charge in [0.15, 0.2) is 25.5 Å². The Morgan fingerprint density at radius 2 is 1.18 bits per heavy atom.